The highest BCUT2D eigenvalue weighted by Crippen LogP contribution is 2.22. The zero-order valence-electron chi connectivity index (χ0n) is 16.6. The molecule has 0 radical (unpaired) electrons. The van der Waals surface area contributed by atoms with E-state index in [1.807, 2.05) is 54.3 Å². The molecule has 1 amide bonds. The molecule has 1 fully saturated rings. The third-order valence-electron chi connectivity index (χ3n) is 5.06. The molecule has 150 valence electrons. The van der Waals surface area contributed by atoms with Gasteiger partial charge in [0.25, 0.3) is 5.91 Å². The van der Waals surface area contributed by atoms with E-state index in [9.17, 15) is 4.79 Å². The summed E-state index contributed by atoms with van der Waals surface area (Å²) in [7, 11) is 0. The first-order valence-electron chi connectivity index (χ1n) is 9.87. The predicted octanol–water partition coefficient (Wildman–Crippen LogP) is 3.84. The lowest BCUT2D eigenvalue weighted by molar-refractivity contribution is -0.135. The molecule has 0 N–H and O–H groups in total. The van der Waals surface area contributed by atoms with Crippen molar-refractivity contribution >= 4 is 17.2 Å². The van der Waals surface area contributed by atoms with Gasteiger partial charge in [0, 0.05) is 37.1 Å². The lowest BCUT2D eigenvalue weighted by atomic mass is 10.2. The molecule has 6 heteroatoms. The SMILES string of the molecule is Cc1cccc(OCC(=O)N2CCN(Cc3nc(-c4ccccc4)cs3)CC2)c1. The molecular weight excluding hydrogens is 382 g/mol. The van der Waals surface area contributed by atoms with Crippen molar-refractivity contribution in [1.82, 2.24) is 14.8 Å². The molecule has 0 bridgehead atoms. The highest BCUT2D eigenvalue weighted by molar-refractivity contribution is 7.09. The number of carbonyl (C=O) groups is 1. The number of aryl methyl sites for hydroxylation is 1. The van der Waals surface area contributed by atoms with Crippen LogP contribution in [0.4, 0.5) is 0 Å². The summed E-state index contributed by atoms with van der Waals surface area (Å²) in [6, 6.07) is 18.0. The van der Waals surface area contributed by atoms with Gasteiger partial charge in [-0.25, -0.2) is 4.98 Å². The number of piperazine rings is 1. The third kappa shape index (κ3) is 5.22. The maximum Gasteiger partial charge on any atom is 0.260 e. The second kappa shape index (κ2) is 9.20. The van der Waals surface area contributed by atoms with Gasteiger partial charge in [-0.1, -0.05) is 42.5 Å². The van der Waals surface area contributed by atoms with E-state index >= 15 is 0 Å². The van der Waals surface area contributed by atoms with Gasteiger partial charge in [0.05, 0.1) is 12.2 Å². The fourth-order valence-electron chi connectivity index (χ4n) is 3.41. The lowest BCUT2D eigenvalue weighted by Crippen LogP contribution is -2.49. The summed E-state index contributed by atoms with van der Waals surface area (Å²) < 4.78 is 5.66. The van der Waals surface area contributed by atoms with E-state index in [2.05, 4.69) is 22.4 Å². The largest absolute Gasteiger partial charge is 0.484 e. The van der Waals surface area contributed by atoms with Crippen LogP contribution in [-0.2, 0) is 11.3 Å². The molecule has 0 aliphatic carbocycles. The normalized spacial score (nSPS) is 14.7. The second-order valence-corrected chi connectivity index (χ2v) is 8.20. The summed E-state index contributed by atoms with van der Waals surface area (Å²) in [5, 5.41) is 3.24. The van der Waals surface area contributed by atoms with Crippen LogP contribution in [0.2, 0.25) is 0 Å². The average Bonchev–Trinajstić information content (AvgIpc) is 3.22. The molecule has 4 rings (SSSR count). The van der Waals surface area contributed by atoms with Crippen LogP contribution < -0.4 is 4.74 Å². The van der Waals surface area contributed by atoms with Gasteiger partial charge in [-0.15, -0.1) is 11.3 Å². The Morgan fingerprint density at radius 3 is 2.62 bits per heavy atom. The van der Waals surface area contributed by atoms with Gasteiger partial charge >= 0.3 is 0 Å². The van der Waals surface area contributed by atoms with Crippen molar-refractivity contribution in [2.45, 2.75) is 13.5 Å². The Kier molecular flexibility index (Phi) is 6.22. The molecule has 29 heavy (non-hydrogen) atoms. The van der Waals surface area contributed by atoms with E-state index < -0.39 is 0 Å². The zero-order chi connectivity index (χ0) is 20.1. The highest BCUT2D eigenvalue weighted by Gasteiger charge is 2.22. The summed E-state index contributed by atoms with van der Waals surface area (Å²) in [5.41, 5.74) is 3.31. The Morgan fingerprint density at radius 1 is 1.07 bits per heavy atom. The molecule has 1 aromatic heterocycles. The van der Waals surface area contributed by atoms with Gasteiger partial charge in [0.2, 0.25) is 0 Å². The Hall–Kier alpha value is -2.70. The first kappa shape index (κ1) is 19.6. The number of ether oxygens (including phenoxy) is 1. The van der Waals surface area contributed by atoms with Gasteiger partial charge in [-0.05, 0) is 24.6 Å². The van der Waals surface area contributed by atoms with Crippen LogP contribution >= 0.6 is 11.3 Å². The summed E-state index contributed by atoms with van der Waals surface area (Å²) in [6.45, 7) is 6.11. The van der Waals surface area contributed by atoms with E-state index in [0.717, 1.165) is 60.3 Å². The summed E-state index contributed by atoms with van der Waals surface area (Å²) in [4.78, 5) is 21.5. The first-order valence-corrected chi connectivity index (χ1v) is 10.7. The van der Waals surface area contributed by atoms with Crippen LogP contribution in [0.1, 0.15) is 10.6 Å². The van der Waals surface area contributed by atoms with Gasteiger partial charge in [-0.3, -0.25) is 9.69 Å². The van der Waals surface area contributed by atoms with E-state index in [1.165, 1.54) is 0 Å². The molecular formula is C23H25N3O2S. The average molecular weight is 408 g/mol. The van der Waals surface area contributed by atoms with Crippen molar-refractivity contribution in [2.75, 3.05) is 32.8 Å². The van der Waals surface area contributed by atoms with Gasteiger partial charge in [-0.2, -0.15) is 0 Å². The van der Waals surface area contributed by atoms with Crippen LogP contribution in [0, 0.1) is 6.92 Å². The Morgan fingerprint density at radius 2 is 1.86 bits per heavy atom. The maximum absolute atomic E-state index is 12.5. The number of thiazole rings is 1. The van der Waals surface area contributed by atoms with Gasteiger partial charge in [0.15, 0.2) is 6.61 Å². The smallest absolute Gasteiger partial charge is 0.260 e. The number of carbonyl (C=O) groups excluding carboxylic acids is 1. The van der Waals surface area contributed by atoms with Crippen LogP contribution in [0.15, 0.2) is 60.0 Å². The van der Waals surface area contributed by atoms with Crippen LogP contribution in [0.25, 0.3) is 11.3 Å². The topological polar surface area (TPSA) is 45.7 Å². The minimum absolute atomic E-state index is 0.0479. The van der Waals surface area contributed by atoms with Crippen LogP contribution in [0.5, 0.6) is 5.75 Å². The minimum atomic E-state index is 0.0479. The number of hydrogen-bond acceptors (Lipinski definition) is 5. The molecule has 2 aromatic carbocycles. The molecule has 0 spiro atoms. The molecule has 5 nitrogen and oxygen atoms in total. The number of rotatable bonds is 6. The molecule has 0 saturated carbocycles. The van der Waals surface area contributed by atoms with Crippen molar-refractivity contribution < 1.29 is 9.53 Å². The summed E-state index contributed by atoms with van der Waals surface area (Å²) in [5.74, 6) is 0.793. The van der Waals surface area contributed by atoms with E-state index in [-0.39, 0.29) is 12.5 Å². The Bertz CT molecular complexity index is 950. The molecule has 2 heterocycles. The zero-order valence-corrected chi connectivity index (χ0v) is 17.4. The third-order valence-corrected chi connectivity index (χ3v) is 5.89. The van der Waals surface area contributed by atoms with Crippen LogP contribution in [0.3, 0.4) is 0 Å². The van der Waals surface area contributed by atoms with E-state index in [4.69, 9.17) is 9.72 Å². The molecule has 1 aliphatic heterocycles. The number of amides is 1. The first-order chi connectivity index (χ1) is 14.2. The molecule has 0 unspecified atom stereocenters. The van der Waals surface area contributed by atoms with Crippen molar-refractivity contribution in [2.24, 2.45) is 0 Å². The van der Waals surface area contributed by atoms with Crippen LogP contribution in [-0.4, -0.2) is 53.5 Å². The van der Waals surface area contributed by atoms with E-state index in [1.54, 1.807) is 11.3 Å². The highest BCUT2D eigenvalue weighted by atomic mass is 32.1. The molecule has 1 aliphatic rings. The summed E-state index contributed by atoms with van der Waals surface area (Å²) >= 11 is 1.70. The lowest BCUT2D eigenvalue weighted by Gasteiger charge is -2.34. The standard InChI is InChI=1S/C23H25N3O2S/c1-18-6-5-9-20(14-18)28-16-23(27)26-12-10-25(11-13-26)15-22-24-21(17-29-22)19-7-3-2-4-8-19/h2-9,14,17H,10-13,15-16H2,1H3. The summed E-state index contributed by atoms with van der Waals surface area (Å²) in [6.07, 6.45) is 0. The molecule has 0 atom stereocenters. The fraction of sp³-hybridized carbons (Fsp3) is 0.304. The quantitative estimate of drug-likeness (QED) is 0.623. The second-order valence-electron chi connectivity index (χ2n) is 7.25. The number of hydrogen-bond donors (Lipinski definition) is 0. The number of nitrogens with zero attached hydrogens (tertiary/aromatic N) is 3. The van der Waals surface area contributed by atoms with Gasteiger partial charge in [0.1, 0.15) is 10.8 Å². The Balaban J connectivity index is 1.24. The number of benzene rings is 2. The fourth-order valence-corrected chi connectivity index (χ4v) is 4.26. The predicted molar refractivity (Wildman–Crippen MR) is 116 cm³/mol. The Labute approximate surface area is 175 Å². The van der Waals surface area contributed by atoms with Crippen molar-refractivity contribution in [3.05, 3.63) is 70.5 Å². The van der Waals surface area contributed by atoms with E-state index in [0.29, 0.717) is 0 Å². The minimum Gasteiger partial charge on any atom is -0.484 e. The van der Waals surface area contributed by atoms with Crippen molar-refractivity contribution in [3.8, 4) is 17.0 Å². The van der Waals surface area contributed by atoms with Crippen molar-refractivity contribution in [3.63, 3.8) is 0 Å². The molecule has 1 saturated heterocycles. The van der Waals surface area contributed by atoms with Crippen molar-refractivity contribution in [1.29, 1.82) is 0 Å². The monoisotopic (exact) mass is 407 g/mol. The maximum atomic E-state index is 12.5. The number of aromatic nitrogens is 1. The van der Waals surface area contributed by atoms with Gasteiger partial charge < -0.3 is 9.64 Å². The molecule has 3 aromatic rings.